The molecule has 1 N–H and O–H groups in total. The number of rotatable bonds is 4. The van der Waals surface area contributed by atoms with E-state index in [0.717, 1.165) is 25.7 Å². The summed E-state index contributed by atoms with van der Waals surface area (Å²) < 4.78 is 32.8. The van der Waals surface area contributed by atoms with Gasteiger partial charge in [0.2, 0.25) is 10.0 Å². The molecule has 1 aliphatic carbocycles. The lowest BCUT2D eigenvalue weighted by molar-refractivity contribution is 0.310. The van der Waals surface area contributed by atoms with E-state index >= 15 is 0 Å². The molecule has 7 heteroatoms. The Labute approximate surface area is 135 Å². The van der Waals surface area contributed by atoms with Crippen LogP contribution in [0.1, 0.15) is 32.6 Å². The van der Waals surface area contributed by atoms with E-state index in [4.69, 9.17) is 27.9 Å². The first-order valence-corrected chi connectivity index (χ1v) is 9.14. The highest BCUT2D eigenvalue weighted by atomic mass is 35.5. The lowest BCUT2D eigenvalue weighted by Crippen LogP contribution is -2.41. The van der Waals surface area contributed by atoms with E-state index in [2.05, 4.69) is 11.6 Å². The average molecular weight is 352 g/mol. The molecule has 1 aliphatic rings. The molecule has 2 rings (SSSR count). The summed E-state index contributed by atoms with van der Waals surface area (Å²) >= 11 is 12.1. The minimum atomic E-state index is -3.69. The maximum Gasteiger partial charge on any atom is 0.242 e. The second kappa shape index (κ2) is 6.73. The highest BCUT2D eigenvalue weighted by Crippen LogP contribution is 2.34. The van der Waals surface area contributed by atoms with Gasteiger partial charge in [-0.2, -0.15) is 0 Å². The van der Waals surface area contributed by atoms with Crippen molar-refractivity contribution in [1.29, 1.82) is 0 Å². The maximum atomic E-state index is 12.5. The summed E-state index contributed by atoms with van der Waals surface area (Å²) in [6.07, 6.45) is 4.06. The molecule has 2 atom stereocenters. The molecule has 1 aromatic carbocycles. The monoisotopic (exact) mass is 351 g/mol. The predicted octanol–water partition coefficient (Wildman–Crippen LogP) is 3.86. The molecule has 0 aromatic heterocycles. The normalized spacial score (nSPS) is 23.0. The summed E-state index contributed by atoms with van der Waals surface area (Å²) in [5.74, 6) is 0.674. The first-order valence-electron chi connectivity index (χ1n) is 6.90. The van der Waals surface area contributed by atoms with Crippen LogP contribution < -0.4 is 9.46 Å². The molecule has 0 saturated heterocycles. The second-order valence-corrected chi connectivity index (χ2v) is 7.90. The van der Waals surface area contributed by atoms with Crippen molar-refractivity contribution < 1.29 is 13.2 Å². The number of benzene rings is 1. The highest BCUT2D eigenvalue weighted by Gasteiger charge is 2.28. The van der Waals surface area contributed by atoms with Gasteiger partial charge in [0.25, 0.3) is 0 Å². The van der Waals surface area contributed by atoms with Crippen LogP contribution in [0.2, 0.25) is 10.0 Å². The zero-order valence-electron chi connectivity index (χ0n) is 12.0. The SMILES string of the molecule is COc1cc(Cl)c(S(=O)(=O)NC2CCCCC2C)cc1Cl. The van der Waals surface area contributed by atoms with Gasteiger partial charge >= 0.3 is 0 Å². The Morgan fingerprint density at radius 2 is 1.86 bits per heavy atom. The molecule has 118 valence electrons. The van der Waals surface area contributed by atoms with Crippen LogP contribution in [0, 0.1) is 5.92 Å². The predicted molar refractivity (Wildman–Crippen MR) is 84.8 cm³/mol. The number of ether oxygens (including phenoxy) is 1. The number of sulfonamides is 1. The second-order valence-electron chi connectivity index (χ2n) is 5.41. The molecule has 0 amide bonds. The van der Waals surface area contributed by atoms with Crippen molar-refractivity contribution in [2.45, 2.75) is 43.5 Å². The van der Waals surface area contributed by atoms with E-state index in [1.54, 1.807) is 0 Å². The quantitative estimate of drug-likeness (QED) is 0.895. The van der Waals surface area contributed by atoms with E-state index in [1.165, 1.54) is 19.2 Å². The Bertz CT molecular complexity index is 619. The Hall–Kier alpha value is -0.490. The zero-order chi connectivity index (χ0) is 15.6. The van der Waals surface area contributed by atoms with Gasteiger partial charge < -0.3 is 4.74 Å². The summed E-state index contributed by atoms with van der Waals surface area (Å²) in [6, 6.07) is 2.70. The van der Waals surface area contributed by atoms with E-state index < -0.39 is 10.0 Å². The van der Waals surface area contributed by atoms with Gasteiger partial charge in [-0.3, -0.25) is 0 Å². The van der Waals surface area contributed by atoms with Crippen LogP contribution in [0.3, 0.4) is 0 Å². The molecular formula is C14H19Cl2NO3S. The fourth-order valence-electron chi connectivity index (χ4n) is 2.63. The third-order valence-electron chi connectivity index (χ3n) is 3.91. The molecule has 1 aromatic rings. The van der Waals surface area contributed by atoms with Crippen molar-refractivity contribution in [2.24, 2.45) is 5.92 Å². The molecule has 2 unspecified atom stereocenters. The Morgan fingerprint density at radius 3 is 2.48 bits per heavy atom. The molecule has 0 radical (unpaired) electrons. The standard InChI is InChI=1S/C14H19Cl2NO3S/c1-9-5-3-4-6-12(9)17-21(18,19)14-8-10(15)13(20-2)7-11(14)16/h7-9,12,17H,3-6H2,1-2H3. The molecule has 0 spiro atoms. The van der Waals surface area contributed by atoms with Crippen molar-refractivity contribution in [1.82, 2.24) is 4.72 Å². The Kier molecular flexibility index (Phi) is 5.41. The van der Waals surface area contributed by atoms with E-state index in [0.29, 0.717) is 11.7 Å². The number of hydrogen-bond donors (Lipinski definition) is 1. The third kappa shape index (κ3) is 3.83. The van der Waals surface area contributed by atoms with Gasteiger partial charge in [-0.05, 0) is 24.8 Å². The van der Waals surface area contributed by atoms with E-state index in [-0.39, 0.29) is 21.0 Å². The van der Waals surface area contributed by atoms with Crippen molar-refractivity contribution >= 4 is 33.2 Å². The summed E-state index contributed by atoms with van der Waals surface area (Å²) in [6.45, 7) is 2.06. The highest BCUT2D eigenvalue weighted by molar-refractivity contribution is 7.89. The van der Waals surface area contributed by atoms with Crippen molar-refractivity contribution in [3.05, 3.63) is 22.2 Å². The smallest absolute Gasteiger partial charge is 0.242 e. The molecule has 0 bridgehead atoms. The van der Waals surface area contributed by atoms with Gasteiger partial charge in [0, 0.05) is 12.1 Å². The van der Waals surface area contributed by atoms with Crippen molar-refractivity contribution in [3.63, 3.8) is 0 Å². The summed E-state index contributed by atoms with van der Waals surface area (Å²) in [7, 11) is -2.24. The minimum Gasteiger partial charge on any atom is -0.495 e. The van der Waals surface area contributed by atoms with Crippen LogP contribution in [-0.4, -0.2) is 21.6 Å². The van der Waals surface area contributed by atoms with Crippen molar-refractivity contribution in [3.8, 4) is 5.75 Å². The van der Waals surface area contributed by atoms with Crippen LogP contribution in [0.15, 0.2) is 17.0 Å². The number of hydrogen-bond acceptors (Lipinski definition) is 3. The fraction of sp³-hybridized carbons (Fsp3) is 0.571. The Morgan fingerprint density at radius 1 is 1.19 bits per heavy atom. The number of nitrogens with one attached hydrogen (secondary N) is 1. The van der Waals surface area contributed by atoms with Crippen LogP contribution in [0.4, 0.5) is 0 Å². The summed E-state index contributed by atoms with van der Waals surface area (Å²) in [5.41, 5.74) is 0. The van der Waals surface area contributed by atoms with Crippen LogP contribution >= 0.6 is 23.2 Å². The lowest BCUT2D eigenvalue weighted by atomic mass is 9.87. The van der Waals surface area contributed by atoms with Gasteiger partial charge in [0.05, 0.1) is 17.2 Å². The van der Waals surface area contributed by atoms with Gasteiger partial charge in [-0.15, -0.1) is 0 Å². The topological polar surface area (TPSA) is 55.4 Å². The first-order chi connectivity index (χ1) is 9.85. The molecule has 0 aliphatic heterocycles. The van der Waals surface area contributed by atoms with E-state index in [9.17, 15) is 8.42 Å². The molecule has 0 heterocycles. The molecular weight excluding hydrogens is 333 g/mol. The summed E-state index contributed by atoms with van der Waals surface area (Å²) in [5, 5.41) is 0.325. The van der Waals surface area contributed by atoms with Gasteiger partial charge in [0.1, 0.15) is 10.6 Å². The van der Waals surface area contributed by atoms with Crippen LogP contribution in [0.5, 0.6) is 5.75 Å². The maximum absolute atomic E-state index is 12.5. The van der Waals surface area contributed by atoms with Crippen molar-refractivity contribution in [2.75, 3.05) is 7.11 Å². The van der Waals surface area contributed by atoms with Crippen LogP contribution in [-0.2, 0) is 10.0 Å². The zero-order valence-corrected chi connectivity index (χ0v) is 14.4. The molecule has 1 fully saturated rings. The fourth-order valence-corrected chi connectivity index (χ4v) is 4.86. The summed E-state index contributed by atoms with van der Waals surface area (Å²) in [4.78, 5) is -0.00672. The first kappa shape index (κ1) is 16.9. The van der Waals surface area contributed by atoms with E-state index in [1.807, 2.05) is 0 Å². The largest absolute Gasteiger partial charge is 0.495 e. The van der Waals surface area contributed by atoms with Gasteiger partial charge in [-0.1, -0.05) is 43.0 Å². The average Bonchev–Trinajstić information content (AvgIpc) is 2.43. The number of halogens is 2. The van der Waals surface area contributed by atoms with Gasteiger partial charge in [-0.25, -0.2) is 13.1 Å². The molecule has 4 nitrogen and oxygen atoms in total. The minimum absolute atomic E-state index is 0.00672. The lowest BCUT2D eigenvalue weighted by Gasteiger charge is -2.29. The third-order valence-corrected chi connectivity index (χ3v) is 6.16. The number of methoxy groups -OCH3 is 1. The van der Waals surface area contributed by atoms with Gasteiger partial charge in [0.15, 0.2) is 0 Å². The molecule has 1 saturated carbocycles. The molecule has 21 heavy (non-hydrogen) atoms. The Balaban J connectivity index is 2.29. The van der Waals surface area contributed by atoms with Crippen LogP contribution in [0.25, 0.3) is 0 Å².